The van der Waals surface area contributed by atoms with Crippen LogP contribution in [0.4, 0.5) is 0 Å². The first-order chi connectivity index (χ1) is 7.33. The van der Waals surface area contributed by atoms with Crippen molar-refractivity contribution in [2.75, 3.05) is 0 Å². The molecule has 1 aromatic heterocycles. The molecule has 0 aliphatic rings. The molecule has 0 spiro atoms. The van der Waals surface area contributed by atoms with Gasteiger partial charge in [0, 0.05) is 6.42 Å². The summed E-state index contributed by atoms with van der Waals surface area (Å²) in [6.07, 6.45) is 6.52. The Hall–Kier alpha value is -1.28. The first-order valence-corrected chi connectivity index (χ1v) is 5.44. The Morgan fingerprint density at radius 1 is 1.19 bits per heavy atom. The smallest absolute Gasteiger partial charge is 0.261 e. The highest BCUT2D eigenvalue weighted by Gasteiger charge is 2.14. The van der Waals surface area contributed by atoms with Gasteiger partial charge in [0.15, 0.2) is 0 Å². The highest BCUT2D eigenvalue weighted by molar-refractivity contribution is 5.31. The molecule has 1 aromatic carbocycles. The van der Waals surface area contributed by atoms with Crippen molar-refractivity contribution in [3.63, 3.8) is 0 Å². The Balaban J connectivity index is 0.00000128. The van der Waals surface area contributed by atoms with Crippen LogP contribution in [0, 0.1) is 0 Å². The molecule has 0 bridgehead atoms. The minimum absolute atomic E-state index is 0. The third-order valence-corrected chi connectivity index (χ3v) is 2.63. The highest BCUT2D eigenvalue weighted by Crippen LogP contribution is 2.09. The van der Waals surface area contributed by atoms with Crippen molar-refractivity contribution in [2.45, 2.75) is 19.8 Å². The second-order valence-electron chi connectivity index (χ2n) is 3.78. The average molecular weight is 237 g/mol. The van der Waals surface area contributed by atoms with Crippen LogP contribution in [0.2, 0.25) is 0 Å². The summed E-state index contributed by atoms with van der Waals surface area (Å²) in [5.74, 6) is 1.35. The Kier molecular flexibility index (Phi) is 4.56. The van der Waals surface area contributed by atoms with Gasteiger partial charge in [0.25, 0.3) is 5.82 Å². The number of imidazole rings is 1. The molecular formula is C13H17ClN2. The van der Waals surface area contributed by atoms with Crippen molar-refractivity contribution >= 4 is 0 Å². The van der Waals surface area contributed by atoms with E-state index >= 15 is 0 Å². The summed E-state index contributed by atoms with van der Waals surface area (Å²) in [6, 6.07) is 10.5. The molecule has 0 unspecified atom stereocenters. The second-order valence-corrected chi connectivity index (χ2v) is 3.78. The zero-order chi connectivity index (χ0) is 10.7. The largest absolute Gasteiger partial charge is 1.00 e. The van der Waals surface area contributed by atoms with Crippen LogP contribution < -0.4 is 17.0 Å². The van der Waals surface area contributed by atoms with Crippen LogP contribution in [0.1, 0.15) is 19.2 Å². The fourth-order valence-corrected chi connectivity index (χ4v) is 1.85. The normalized spacial score (nSPS) is 9.88. The lowest BCUT2D eigenvalue weighted by molar-refractivity contribution is -0.678. The first kappa shape index (κ1) is 12.8. The van der Waals surface area contributed by atoms with Crippen molar-refractivity contribution < 1.29 is 17.0 Å². The maximum Gasteiger partial charge on any atom is 0.261 e. The second kappa shape index (κ2) is 5.71. The van der Waals surface area contributed by atoms with Crippen LogP contribution in [0.15, 0.2) is 42.7 Å². The summed E-state index contributed by atoms with van der Waals surface area (Å²) in [5, 5.41) is 0. The van der Waals surface area contributed by atoms with Gasteiger partial charge in [0.1, 0.15) is 18.1 Å². The molecule has 0 amide bonds. The van der Waals surface area contributed by atoms with Gasteiger partial charge in [0.2, 0.25) is 0 Å². The molecule has 0 saturated carbocycles. The van der Waals surface area contributed by atoms with Gasteiger partial charge >= 0.3 is 0 Å². The van der Waals surface area contributed by atoms with Crippen molar-refractivity contribution in [3.05, 3.63) is 48.5 Å². The number of para-hydroxylation sites is 1. The Morgan fingerprint density at radius 3 is 2.50 bits per heavy atom. The van der Waals surface area contributed by atoms with Crippen molar-refractivity contribution in [1.82, 2.24) is 4.57 Å². The van der Waals surface area contributed by atoms with Crippen LogP contribution in [0.25, 0.3) is 5.69 Å². The molecule has 1 heterocycles. The van der Waals surface area contributed by atoms with Gasteiger partial charge in [-0.3, -0.25) is 0 Å². The van der Waals surface area contributed by atoms with Gasteiger partial charge in [0.05, 0.1) is 7.05 Å². The molecule has 3 heteroatoms. The molecule has 86 valence electrons. The molecule has 2 aromatic rings. The third-order valence-electron chi connectivity index (χ3n) is 2.63. The van der Waals surface area contributed by atoms with Crippen LogP contribution in [0.5, 0.6) is 0 Å². The Morgan fingerprint density at radius 2 is 1.88 bits per heavy atom. The lowest BCUT2D eigenvalue weighted by Crippen LogP contribution is -3.00. The first-order valence-electron chi connectivity index (χ1n) is 5.44. The van der Waals surface area contributed by atoms with E-state index in [-0.39, 0.29) is 12.4 Å². The summed E-state index contributed by atoms with van der Waals surface area (Å²) in [7, 11) is 2.10. The maximum absolute atomic E-state index is 2.25. The average Bonchev–Trinajstić information content (AvgIpc) is 2.63. The molecule has 0 N–H and O–H groups in total. The van der Waals surface area contributed by atoms with Crippen LogP contribution >= 0.6 is 0 Å². The summed E-state index contributed by atoms with van der Waals surface area (Å²) in [4.78, 5) is 0. The zero-order valence-corrected chi connectivity index (χ0v) is 10.5. The standard InChI is InChI=1S/C13H17N2.ClH/c1-3-7-13-14(2)10-11-15(13)12-8-5-4-6-9-12;/h4-6,8-11H,3,7H2,1-2H3;1H/q+1;/p-1. The molecule has 16 heavy (non-hydrogen) atoms. The number of hydrogen-bond donors (Lipinski definition) is 0. The van der Waals surface area contributed by atoms with E-state index in [1.807, 2.05) is 6.07 Å². The van der Waals surface area contributed by atoms with Crippen molar-refractivity contribution in [2.24, 2.45) is 7.05 Å². The molecule has 0 fully saturated rings. The van der Waals surface area contributed by atoms with Gasteiger partial charge in [-0.2, -0.15) is 4.57 Å². The molecular weight excluding hydrogens is 220 g/mol. The number of aryl methyl sites for hydroxylation is 1. The van der Waals surface area contributed by atoms with E-state index in [1.54, 1.807) is 0 Å². The van der Waals surface area contributed by atoms with Gasteiger partial charge in [-0.25, -0.2) is 4.57 Å². The number of nitrogens with zero attached hydrogens (tertiary/aromatic N) is 2. The predicted molar refractivity (Wildman–Crippen MR) is 60.9 cm³/mol. The van der Waals surface area contributed by atoms with Gasteiger partial charge in [-0.05, 0) is 18.6 Å². The Labute approximate surface area is 103 Å². The number of hydrogen-bond acceptors (Lipinski definition) is 0. The topological polar surface area (TPSA) is 8.81 Å². The van der Waals surface area contributed by atoms with Crippen LogP contribution in [-0.2, 0) is 13.5 Å². The van der Waals surface area contributed by atoms with E-state index in [0.29, 0.717) is 0 Å². The number of aromatic nitrogens is 2. The quantitative estimate of drug-likeness (QED) is 0.621. The minimum Gasteiger partial charge on any atom is -1.00 e. The Bertz CT molecular complexity index is 434. The molecule has 0 radical (unpaired) electrons. The summed E-state index contributed by atoms with van der Waals surface area (Å²) < 4.78 is 4.44. The molecule has 0 aliphatic carbocycles. The number of benzene rings is 1. The fraction of sp³-hybridized carbons (Fsp3) is 0.308. The van der Waals surface area contributed by atoms with E-state index in [4.69, 9.17) is 0 Å². The van der Waals surface area contributed by atoms with E-state index in [9.17, 15) is 0 Å². The van der Waals surface area contributed by atoms with Crippen molar-refractivity contribution in [3.8, 4) is 5.69 Å². The summed E-state index contributed by atoms with van der Waals surface area (Å²) in [6.45, 7) is 2.21. The van der Waals surface area contributed by atoms with Crippen LogP contribution in [-0.4, -0.2) is 4.57 Å². The fourth-order valence-electron chi connectivity index (χ4n) is 1.85. The van der Waals surface area contributed by atoms with E-state index in [1.165, 1.54) is 17.9 Å². The van der Waals surface area contributed by atoms with E-state index in [0.717, 1.165) is 6.42 Å². The molecule has 0 aliphatic heterocycles. The predicted octanol–water partition coefficient (Wildman–Crippen LogP) is -0.742. The molecule has 0 saturated heterocycles. The van der Waals surface area contributed by atoms with Gasteiger partial charge in [-0.1, -0.05) is 25.1 Å². The third kappa shape index (κ3) is 2.45. The highest BCUT2D eigenvalue weighted by atomic mass is 35.5. The zero-order valence-electron chi connectivity index (χ0n) is 9.73. The number of rotatable bonds is 3. The van der Waals surface area contributed by atoms with Gasteiger partial charge < -0.3 is 12.4 Å². The molecule has 2 nitrogen and oxygen atoms in total. The minimum atomic E-state index is 0. The van der Waals surface area contributed by atoms with Crippen LogP contribution in [0.3, 0.4) is 0 Å². The monoisotopic (exact) mass is 236 g/mol. The van der Waals surface area contributed by atoms with E-state index in [2.05, 4.69) is 59.8 Å². The summed E-state index contributed by atoms with van der Waals surface area (Å²) >= 11 is 0. The molecule has 0 atom stereocenters. The maximum atomic E-state index is 2.25. The lowest BCUT2D eigenvalue weighted by Gasteiger charge is -2.00. The molecule has 2 rings (SSSR count). The summed E-state index contributed by atoms with van der Waals surface area (Å²) in [5.41, 5.74) is 1.24. The van der Waals surface area contributed by atoms with Crippen molar-refractivity contribution in [1.29, 1.82) is 0 Å². The van der Waals surface area contributed by atoms with Gasteiger partial charge in [-0.15, -0.1) is 0 Å². The van der Waals surface area contributed by atoms with E-state index < -0.39 is 0 Å². The lowest BCUT2D eigenvalue weighted by atomic mass is 10.3. The SMILES string of the molecule is CCCc1n(-c2ccccc2)cc[n+]1C.[Cl-]. The number of halogens is 1.